The molecule has 2 aromatic carbocycles. The molecule has 2 aliphatic carbocycles. The van der Waals surface area contributed by atoms with Crippen LogP contribution in [0.15, 0.2) is 63.6 Å². The Kier molecular flexibility index (Phi) is 12.0. The lowest BCUT2D eigenvalue weighted by atomic mass is 9.87. The standard InChI is InChI=1S/C17H22ClN5O2S.C16H18Cl2N2O2S/c1-10-4-2-3-5-15(10)23-26(24,25)11-6-7-12-13(8-11)16(22-17(19)20)21-9-14(12)18;1-10-4-2-3-5-15(10)20-23(21,22)11-6-7-12-13(8-11)16(18)19-9-14(12)17/h6-10,15,23H,2-5H2,1H3,(H4,19,20,21,22);6-10,15,20H,2-5H2,1H3/t10-,15-;10-,15+/m01/s1. The van der Waals surface area contributed by atoms with E-state index in [-0.39, 0.29) is 38.8 Å². The summed E-state index contributed by atoms with van der Waals surface area (Å²) in [5.74, 6) is 0.724. The van der Waals surface area contributed by atoms with Gasteiger partial charge in [0.05, 0.1) is 19.8 Å². The van der Waals surface area contributed by atoms with E-state index in [4.69, 9.17) is 46.3 Å². The summed E-state index contributed by atoms with van der Waals surface area (Å²) in [5.41, 5.74) is 10.9. The van der Waals surface area contributed by atoms with Crippen LogP contribution in [-0.4, -0.2) is 44.8 Å². The van der Waals surface area contributed by atoms with Gasteiger partial charge < -0.3 is 11.5 Å². The van der Waals surface area contributed by atoms with Gasteiger partial charge in [-0.2, -0.15) is 4.99 Å². The molecule has 0 aliphatic heterocycles. The molecule has 0 saturated heterocycles. The van der Waals surface area contributed by atoms with Crippen LogP contribution in [-0.2, 0) is 20.0 Å². The molecule has 2 saturated carbocycles. The number of pyridine rings is 2. The molecule has 2 aliphatic rings. The van der Waals surface area contributed by atoms with Crippen molar-refractivity contribution >= 4 is 88.2 Å². The molecular weight excluding hydrogens is 729 g/mol. The van der Waals surface area contributed by atoms with Crippen molar-refractivity contribution in [2.45, 2.75) is 87.1 Å². The molecule has 49 heavy (non-hydrogen) atoms. The topological polar surface area (TPSA) is 183 Å². The number of halogens is 3. The van der Waals surface area contributed by atoms with Gasteiger partial charge in [0.25, 0.3) is 0 Å². The minimum atomic E-state index is -3.67. The molecule has 4 aromatic rings. The lowest BCUT2D eigenvalue weighted by Gasteiger charge is -2.29. The van der Waals surface area contributed by atoms with Crippen molar-refractivity contribution in [1.29, 1.82) is 0 Å². The van der Waals surface area contributed by atoms with Crippen LogP contribution in [0.1, 0.15) is 65.2 Å². The van der Waals surface area contributed by atoms with Gasteiger partial charge in [0, 0.05) is 46.0 Å². The van der Waals surface area contributed by atoms with E-state index in [9.17, 15) is 16.8 Å². The third-order valence-electron chi connectivity index (χ3n) is 9.24. The minimum Gasteiger partial charge on any atom is -0.370 e. The molecule has 2 fully saturated rings. The van der Waals surface area contributed by atoms with Gasteiger partial charge >= 0.3 is 0 Å². The molecule has 6 rings (SSSR count). The van der Waals surface area contributed by atoms with E-state index in [2.05, 4.69) is 38.3 Å². The van der Waals surface area contributed by atoms with E-state index >= 15 is 0 Å². The number of fused-ring (bicyclic) bond motifs is 2. The average Bonchev–Trinajstić information content (AvgIpc) is 3.06. The molecule has 6 N–H and O–H groups in total. The smallest absolute Gasteiger partial charge is 0.240 e. The van der Waals surface area contributed by atoms with Gasteiger partial charge in [-0.05, 0) is 61.8 Å². The molecule has 0 radical (unpaired) electrons. The lowest BCUT2D eigenvalue weighted by Crippen LogP contribution is -2.40. The van der Waals surface area contributed by atoms with E-state index in [1.807, 2.05) is 0 Å². The van der Waals surface area contributed by atoms with Crippen LogP contribution in [0.3, 0.4) is 0 Å². The highest BCUT2D eigenvalue weighted by Crippen LogP contribution is 2.33. The first-order valence-electron chi connectivity index (χ1n) is 16.1. The fraction of sp³-hybridized carbons (Fsp3) is 0.424. The predicted molar refractivity (Wildman–Crippen MR) is 197 cm³/mol. The van der Waals surface area contributed by atoms with E-state index in [1.54, 1.807) is 18.2 Å². The van der Waals surface area contributed by atoms with Gasteiger partial charge in [0.1, 0.15) is 5.15 Å². The lowest BCUT2D eigenvalue weighted by molar-refractivity contribution is 0.310. The molecule has 4 atom stereocenters. The number of rotatable bonds is 7. The Labute approximate surface area is 302 Å². The van der Waals surface area contributed by atoms with Crippen molar-refractivity contribution in [2.24, 2.45) is 28.3 Å². The van der Waals surface area contributed by atoms with E-state index < -0.39 is 20.0 Å². The number of nitrogens with zero attached hydrogens (tertiary/aromatic N) is 3. The average molecular weight is 769 g/mol. The van der Waals surface area contributed by atoms with Crippen molar-refractivity contribution in [2.75, 3.05) is 0 Å². The summed E-state index contributed by atoms with van der Waals surface area (Å²) >= 11 is 18.3. The number of nitrogens with one attached hydrogen (secondary N) is 2. The van der Waals surface area contributed by atoms with Gasteiger partial charge in [-0.25, -0.2) is 36.2 Å². The van der Waals surface area contributed by atoms with Gasteiger partial charge in [0.2, 0.25) is 20.0 Å². The molecule has 0 amide bonds. The molecule has 264 valence electrons. The van der Waals surface area contributed by atoms with Crippen molar-refractivity contribution in [1.82, 2.24) is 19.4 Å². The van der Waals surface area contributed by atoms with Gasteiger partial charge in [-0.3, -0.25) is 0 Å². The predicted octanol–water partition coefficient (Wildman–Crippen LogP) is 7.05. The zero-order valence-corrected chi connectivity index (χ0v) is 31.1. The second-order valence-electron chi connectivity index (χ2n) is 12.8. The molecule has 0 unspecified atom stereocenters. The summed E-state index contributed by atoms with van der Waals surface area (Å²) in [6, 6.07) is 9.37. The molecule has 16 heteroatoms. The maximum absolute atomic E-state index is 12.9. The Morgan fingerprint density at radius 1 is 0.694 bits per heavy atom. The van der Waals surface area contributed by atoms with Crippen LogP contribution >= 0.6 is 34.8 Å². The number of nitrogens with two attached hydrogens (primary N) is 2. The second-order valence-corrected chi connectivity index (χ2v) is 17.4. The zero-order chi connectivity index (χ0) is 35.5. The molecule has 0 spiro atoms. The monoisotopic (exact) mass is 767 g/mol. The number of hydrogen-bond donors (Lipinski definition) is 4. The summed E-state index contributed by atoms with van der Waals surface area (Å²) in [4.78, 5) is 12.4. The number of sulfonamides is 2. The van der Waals surface area contributed by atoms with Crippen molar-refractivity contribution in [3.8, 4) is 0 Å². The number of benzene rings is 2. The third kappa shape index (κ3) is 8.94. The normalized spacial score (nSPS) is 21.6. The van der Waals surface area contributed by atoms with Crippen LogP contribution in [0, 0.1) is 11.8 Å². The van der Waals surface area contributed by atoms with Crippen LogP contribution in [0.5, 0.6) is 0 Å². The van der Waals surface area contributed by atoms with Gasteiger partial charge in [-0.15, -0.1) is 0 Å². The first-order chi connectivity index (χ1) is 23.2. The summed E-state index contributed by atoms with van der Waals surface area (Å²) < 4.78 is 56.7. The van der Waals surface area contributed by atoms with Gasteiger partial charge in [-0.1, -0.05) is 86.5 Å². The molecule has 2 heterocycles. The van der Waals surface area contributed by atoms with E-state index in [0.29, 0.717) is 43.4 Å². The van der Waals surface area contributed by atoms with Crippen LogP contribution in [0.25, 0.3) is 21.5 Å². The first-order valence-corrected chi connectivity index (χ1v) is 20.2. The van der Waals surface area contributed by atoms with Crippen LogP contribution in [0.4, 0.5) is 5.82 Å². The van der Waals surface area contributed by atoms with Crippen LogP contribution < -0.4 is 20.9 Å². The third-order valence-corrected chi connectivity index (χ3v) is 13.1. The molecule has 11 nitrogen and oxygen atoms in total. The van der Waals surface area contributed by atoms with E-state index in [1.165, 1.54) is 30.6 Å². The quantitative estimate of drug-likeness (QED) is 0.0876. The highest BCUT2D eigenvalue weighted by atomic mass is 35.5. The fourth-order valence-electron chi connectivity index (χ4n) is 6.39. The van der Waals surface area contributed by atoms with Crippen LogP contribution in [0.2, 0.25) is 15.2 Å². The Morgan fingerprint density at radius 2 is 1.14 bits per heavy atom. The number of hydrogen-bond acceptors (Lipinski definition) is 7. The number of guanidine groups is 1. The minimum absolute atomic E-state index is 0.0163. The van der Waals surface area contributed by atoms with Crippen molar-refractivity contribution in [3.05, 3.63) is 64.0 Å². The van der Waals surface area contributed by atoms with Crippen molar-refractivity contribution < 1.29 is 16.8 Å². The number of aliphatic imine (C=N–C) groups is 1. The SMILES string of the molecule is C[C@@H]1CCCC[C@@H]1NS(=O)(=O)c1ccc2c(Cl)cnc(Cl)c2c1.C[C@H]1CCCC[C@@H]1NS(=O)(=O)c1ccc2c(Cl)cnc(N=C(N)N)c2c1. The first kappa shape index (κ1) is 37.5. The Morgan fingerprint density at radius 3 is 1.63 bits per heavy atom. The zero-order valence-electron chi connectivity index (χ0n) is 27.2. The maximum atomic E-state index is 12.9. The van der Waals surface area contributed by atoms with E-state index in [0.717, 1.165) is 51.4 Å². The Bertz CT molecular complexity index is 2100. The molecule has 2 aromatic heterocycles. The Hall–Kier alpha value is -2.78. The summed E-state index contributed by atoms with van der Waals surface area (Å²) in [6.45, 7) is 4.17. The van der Waals surface area contributed by atoms with Crippen molar-refractivity contribution in [3.63, 3.8) is 0 Å². The highest BCUT2D eigenvalue weighted by Gasteiger charge is 2.28. The second kappa shape index (κ2) is 15.6. The molecule has 0 bridgehead atoms. The highest BCUT2D eigenvalue weighted by molar-refractivity contribution is 7.89. The maximum Gasteiger partial charge on any atom is 0.240 e. The molecular formula is C33H40Cl3N7O4S2. The van der Waals surface area contributed by atoms with Gasteiger partial charge in [0.15, 0.2) is 11.8 Å². The number of aromatic nitrogens is 2. The summed E-state index contributed by atoms with van der Waals surface area (Å²) in [7, 11) is -7.27. The summed E-state index contributed by atoms with van der Waals surface area (Å²) in [6.07, 6.45) is 11.1. The summed E-state index contributed by atoms with van der Waals surface area (Å²) in [5, 5.41) is 3.43. The fourth-order valence-corrected chi connectivity index (χ4v) is 9.83. The largest absolute Gasteiger partial charge is 0.370 e. The Balaban J connectivity index is 0.000000192.